The number of hydrogen-bond acceptors (Lipinski definition) is 2. The second-order valence-electron chi connectivity index (χ2n) is 4.01. The third-order valence-electron chi connectivity index (χ3n) is 2.79. The number of rotatable bonds is 3. The lowest BCUT2D eigenvalue weighted by molar-refractivity contribution is 0.0940. The van der Waals surface area contributed by atoms with Crippen LogP contribution in [0.1, 0.15) is 23.3 Å². The Labute approximate surface area is 102 Å². The van der Waals surface area contributed by atoms with Crippen molar-refractivity contribution in [2.75, 3.05) is 19.6 Å². The summed E-state index contributed by atoms with van der Waals surface area (Å²) in [4.78, 5) is 14.5. The van der Waals surface area contributed by atoms with Crippen molar-refractivity contribution in [2.45, 2.75) is 12.8 Å². The van der Waals surface area contributed by atoms with Gasteiger partial charge in [0.2, 0.25) is 0 Å². The van der Waals surface area contributed by atoms with Gasteiger partial charge in [-0.15, -0.1) is 12.4 Å². The molecule has 0 saturated carbocycles. The first-order chi connectivity index (χ1) is 7.36. The van der Waals surface area contributed by atoms with Gasteiger partial charge in [0.05, 0.1) is 0 Å². The summed E-state index contributed by atoms with van der Waals surface area (Å²) in [5.74, 6) is 0.572. The minimum absolute atomic E-state index is 0. The highest BCUT2D eigenvalue weighted by Gasteiger charge is 2.14. The van der Waals surface area contributed by atoms with Gasteiger partial charge in [-0.1, -0.05) is 0 Å². The van der Waals surface area contributed by atoms with Crippen molar-refractivity contribution in [1.82, 2.24) is 15.6 Å². The molecule has 3 N–H and O–H groups in total. The second-order valence-corrected chi connectivity index (χ2v) is 4.01. The molecule has 0 aromatic carbocycles. The molecular formula is C11H18ClN3O. The van der Waals surface area contributed by atoms with Crippen LogP contribution in [0.5, 0.6) is 0 Å². The molecule has 1 aliphatic heterocycles. The number of aromatic nitrogens is 1. The van der Waals surface area contributed by atoms with E-state index in [9.17, 15) is 4.79 Å². The molecule has 1 aromatic rings. The van der Waals surface area contributed by atoms with Gasteiger partial charge in [0, 0.05) is 12.7 Å². The number of hydrogen-bond donors (Lipinski definition) is 3. The predicted octanol–water partition coefficient (Wildman–Crippen LogP) is 1.17. The Hall–Kier alpha value is -1.00. The molecule has 90 valence electrons. The number of piperidine rings is 1. The van der Waals surface area contributed by atoms with Gasteiger partial charge in [-0.2, -0.15) is 0 Å². The predicted molar refractivity (Wildman–Crippen MR) is 66.0 cm³/mol. The third kappa shape index (κ3) is 3.54. The van der Waals surface area contributed by atoms with Gasteiger partial charge >= 0.3 is 0 Å². The van der Waals surface area contributed by atoms with Crippen LogP contribution >= 0.6 is 12.4 Å². The van der Waals surface area contributed by atoms with Crippen LogP contribution in [-0.4, -0.2) is 30.5 Å². The maximum Gasteiger partial charge on any atom is 0.267 e. The molecule has 1 aromatic heterocycles. The number of carbonyl (C=O) groups is 1. The quantitative estimate of drug-likeness (QED) is 0.747. The molecule has 1 aliphatic rings. The van der Waals surface area contributed by atoms with E-state index in [2.05, 4.69) is 15.6 Å². The van der Waals surface area contributed by atoms with Gasteiger partial charge < -0.3 is 15.6 Å². The summed E-state index contributed by atoms with van der Waals surface area (Å²) in [6, 6.07) is 3.62. The van der Waals surface area contributed by atoms with Gasteiger partial charge in [-0.3, -0.25) is 4.79 Å². The molecule has 1 amide bonds. The van der Waals surface area contributed by atoms with E-state index in [-0.39, 0.29) is 18.3 Å². The van der Waals surface area contributed by atoms with Crippen LogP contribution in [0.2, 0.25) is 0 Å². The van der Waals surface area contributed by atoms with Crippen molar-refractivity contribution in [3.63, 3.8) is 0 Å². The van der Waals surface area contributed by atoms with E-state index < -0.39 is 0 Å². The molecule has 1 unspecified atom stereocenters. The Bertz CT molecular complexity index is 307. The van der Waals surface area contributed by atoms with Crippen molar-refractivity contribution in [3.8, 4) is 0 Å². The van der Waals surface area contributed by atoms with E-state index in [4.69, 9.17) is 0 Å². The number of aromatic amines is 1. The highest BCUT2D eigenvalue weighted by Crippen LogP contribution is 2.08. The molecule has 4 nitrogen and oxygen atoms in total. The van der Waals surface area contributed by atoms with Gasteiger partial charge in [0.1, 0.15) is 5.69 Å². The van der Waals surface area contributed by atoms with Gasteiger partial charge in [-0.25, -0.2) is 0 Å². The number of carbonyl (C=O) groups excluding carboxylic acids is 1. The lowest BCUT2D eigenvalue weighted by Crippen LogP contribution is -2.38. The van der Waals surface area contributed by atoms with Crippen LogP contribution in [-0.2, 0) is 0 Å². The zero-order chi connectivity index (χ0) is 10.5. The van der Waals surface area contributed by atoms with E-state index in [0.717, 1.165) is 19.6 Å². The SMILES string of the molecule is Cl.O=C(NCC1CCCNC1)c1ccc[nH]1. The van der Waals surface area contributed by atoms with Crippen LogP contribution in [0.25, 0.3) is 0 Å². The normalized spacial score (nSPS) is 19.9. The Kier molecular flexibility index (Phi) is 5.35. The summed E-state index contributed by atoms with van der Waals surface area (Å²) in [5, 5.41) is 6.28. The van der Waals surface area contributed by atoms with E-state index in [1.54, 1.807) is 12.3 Å². The van der Waals surface area contributed by atoms with Gasteiger partial charge in [0.15, 0.2) is 0 Å². The van der Waals surface area contributed by atoms with Crippen molar-refractivity contribution in [2.24, 2.45) is 5.92 Å². The van der Waals surface area contributed by atoms with E-state index in [1.807, 2.05) is 6.07 Å². The summed E-state index contributed by atoms with van der Waals surface area (Å²) in [6.45, 7) is 2.90. The Morgan fingerprint density at radius 2 is 2.44 bits per heavy atom. The lowest BCUT2D eigenvalue weighted by atomic mass is 10.00. The van der Waals surface area contributed by atoms with Gasteiger partial charge in [0.25, 0.3) is 5.91 Å². The fourth-order valence-corrected chi connectivity index (χ4v) is 1.90. The molecule has 0 aliphatic carbocycles. The minimum Gasteiger partial charge on any atom is -0.357 e. The second kappa shape index (κ2) is 6.55. The summed E-state index contributed by atoms with van der Waals surface area (Å²) >= 11 is 0. The Balaban J connectivity index is 0.00000128. The standard InChI is InChI=1S/C11H17N3O.ClH/c15-11(10-4-2-6-13-10)14-8-9-3-1-5-12-7-9;/h2,4,6,9,12-13H,1,3,5,7-8H2,(H,14,15);1H. The molecule has 0 spiro atoms. The highest BCUT2D eigenvalue weighted by atomic mass is 35.5. The average Bonchev–Trinajstić information content (AvgIpc) is 2.81. The number of nitrogens with one attached hydrogen (secondary N) is 3. The Morgan fingerprint density at radius 3 is 3.06 bits per heavy atom. The summed E-state index contributed by atoms with van der Waals surface area (Å²) in [6.07, 6.45) is 4.18. The van der Waals surface area contributed by atoms with Crippen molar-refractivity contribution >= 4 is 18.3 Å². The molecule has 0 radical (unpaired) electrons. The largest absolute Gasteiger partial charge is 0.357 e. The van der Waals surface area contributed by atoms with Crippen molar-refractivity contribution in [3.05, 3.63) is 24.0 Å². The van der Waals surface area contributed by atoms with E-state index >= 15 is 0 Å². The van der Waals surface area contributed by atoms with Crippen molar-refractivity contribution in [1.29, 1.82) is 0 Å². The van der Waals surface area contributed by atoms with Crippen LogP contribution in [0.4, 0.5) is 0 Å². The minimum atomic E-state index is -0.00873. The summed E-state index contributed by atoms with van der Waals surface area (Å²) < 4.78 is 0. The first-order valence-corrected chi connectivity index (χ1v) is 5.48. The van der Waals surface area contributed by atoms with Crippen molar-refractivity contribution < 1.29 is 4.79 Å². The smallest absolute Gasteiger partial charge is 0.267 e. The third-order valence-corrected chi connectivity index (χ3v) is 2.79. The Morgan fingerprint density at radius 1 is 1.56 bits per heavy atom. The number of H-pyrrole nitrogens is 1. The summed E-state index contributed by atoms with van der Waals surface area (Å²) in [5.41, 5.74) is 0.638. The topological polar surface area (TPSA) is 56.9 Å². The molecule has 5 heteroatoms. The lowest BCUT2D eigenvalue weighted by Gasteiger charge is -2.22. The molecule has 2 heterocycles. The molecule has 1 saturated heterocycles. The van der Waals surface area contributed by atoms with Crippen LogP contribution in [0.15, 0.2) is 18.3 Å². The maximum absolute atomic E-state index is 11.6. The van der Waals surface area contributed by atoms with Gasteiger partial charge in [-0.05, 0) is 44.0 Å². The average molecular weight is 244 g/mol. The van der Waals surface area contributed by atoms with Crippen LogP contribution in [0, 0.1) is 5.92 Å². The van der Waals surface area contributed by atoms with E-state index in [0.29, 0.717) is 11.6 Å². The van der Waals surface area contributed by atoms with Crippen LogP contribution < -0.4 is 10.6 Å². The monoisotopic (exact) mass is 243 g/mol. The first-order valence-electron chi connectivity index (χ1n) is 5.48. The summed E-state index contributed by atoms with van der Waals surface area (Å²) in [7, 11) is 0. The molecule has 2 rings (SSSR count). The fraction of sp³-hybridized carbons (Fsp3) is 0.545. The molecular weight excluding hydrogens is 226 g/mol. The van der Waals surface area contributed by atoms with Crippen LogP contribution in [0.3, 0.4) is 0 Å². The fourth-order valence-electron chi connectivity index (χ4n) is 1.90. The molecule has 1 atom stereocenters. The highest BCUT2D eigenvalue weighted by molar-refractivity contribution is 5.92. The molecule has 1 fully saturated rings. The zero-order valence-electron chi connectivity index (χ0n) is 9.16. The molecule has 0 bridgehead atoms. The zero-order valence-corrected chi connectivity index (χ0v) is 9.98. The maximum atomic E-state index is 11.6. The number of amides is 1. The van der Waals surface area contributed by atoms with E-state index in [1.165, 1.54) is 12.8 Å². The molecule has 16 heavy (non-hydrogen) atoms. The number of halogens is 1. The first kappa shape index (κ1) is 13.1.